The Kier molecular flexibility index (Phi) is 8.92. The van der Waals surface area contributed by atoms with E-state index in [1.807, 2.05) is 0 Å². The Morgan fingerprint density at radius 3 is 1.00 bits per heavy atom. The fourth-order valence-electron chi connectivity index (χ4n) is 0. The maximum Gasteiger partial charge on any atom is 3.00 e. The van der Waals surface area contributed by atoms with Gasteiger partial charge in [-0.05, 0) is 0 Å². The summed E-state index contributed by atoms with van der Waals surface area (Å²) in [7, 11) is -3.37. The molecule has 5 heteroatoms. The molecule has 0 radical (unpaired) electrons. The largest absolute Gasteiger partial charge is 3.00 e. The molecule has 0 saturated carbocycles. The fraction of sp³-hybridized carbons (Fsp3) is 0. The van der Waals surface area contributed by atoms with Crippen LogP contribution < -0.4 is 14.7 Å². The van der Waals surface area contributed by atoms with Crippen LogP contribution in [0.1, 0.15) is 0 Å². The van der Waals surface area contributed by atoms with Gasteiger partial charge in [-0.25, -0.2) is 0 Å². The summed E-state index contributed by atoms with van der Waals surface area (Å²) >= 11 is 0. The Bertz CT molecular complexity index is 11.6. The molecule has 32 valence electrons. The van der Waals surface area contributed by atoms with E-state index in [4.69, 9.17) is 14.7 Å². The van der Waals surface area contributed by atoms with Crippen LogP contribution in [0.5, 0.6) is 0 Å². The first kappa shape index (κ1) is 9.26. The summed E-state index contributed by atoms with van der Waals surface area (Å²) in [5.41, 5.74) is 0. The van der Waals surface area contributed by atoms with Crippen LogP contribution in [0.3, 0.4) is 0 Å². The zero-order valence-corrected chi connectivity index (χ0v) is 3.94. The van der Waals surface area contributed by atoms with Gasteiger partial charge in [0.15, 0.2) is 0 Å². The third-order valence-corrected chi connectivity index (χ3v) is 0. The number of hydrogen-bond acceptors (Lipinski definition) is 3. The van der Waals surface area contributed by atoms with Crippen molar-refractivity contribution in [1.29, 1.82) is 0 Å². The van der Waals surface area contributed by atoms with Crippen LogP contribution in [0.25, 0.3) is 0 Å². The summed E-state index contributed by atoms with van der Waals surface area (Å²) in [4.78, 5) is 25.4. The predicted molar refractivity (Wildman–Crippen MR) is 6.92 cm³/mol. The van der Waals surface area contributed by atoms with E-state index in [2.05, 4.69) is 0 Å². The van der Waals surface area contributed by atoms with Crippen molar-refractivity contribution in [2.24, 2.45) is 0 Å². The first-order valence-corrected chi connectivity index (χ1v) is 1.64. The van der Waals surface area contributed by atoms with Gasteiger partial charge in [-0.15, -0.1) is 0 Å². The molecule has 0 spiro atoms. The molecule has 0 heterocycles. The van der Waals surface area contributed by atoms with Crippen LogP contribution >= 0.6 is 8.60 Å². The zero-order chi connectivity index (χ0) is 3.58. The molecular weight excluding hydrogens is 138 g/mol. The van der Waals surface area contributed by atoms with Crippen molar-refractivity contribution in [3.05, 3.63) is 0 Å². The monoisotopic (exact) mass is 138 g/mol. The van der Waals surface area contributed by atoms with Crippen LogP contribution in [0.4, 0.5) is 0 Å². The minimum Gasteiger partial charge on any atom is -0.854 e. The molecule has 0 N–H and O–H groups in total. The Hall–Kier alpha value is 0.816. The van der Waals surface area contributed by atoms with Gasteiger partial charge in [-0.1, -0.05) is 0 Å². The quantitative estimate of drug-likeness (QED) is 0.341. The minimum atomic E-state index is -3.37. The molecule has 0 aliphatic heterocycles. The summed E-state index contributed by atoms with van der Waals surface area (Å²) in [5, 5.41) is 0. The van der Waals surface area contributed by atoms with Gasteiger partial charge in [0.25, 0.3) is 0 Å². The second-order valence-electron chi connectivity index (χ2n) is 0.224. The molecular formula is CoO3P. The molecule has 0 bridgehead atoms. The van der Waals surface area contributed by atoms with E-state index in [9.17, 15) is 0 Å². The van der Waals surface area contributed by atoms with E-state index in [1.54, 1.807) is 0 Å². The van der Waals surface area contributed by atoms with Gasteiger partial charge in [0.1, 0.15) is 0 Å². The van der Waals surface area contributed by atoms with Gasteiger partial charge in [0, 0.05) is 0 Å². The molecule has 0 unspecified atom stereocenters. The van der Waals surface area contributed by atoms with Crippen molar-refractivity contribution in [3.63, 3.8) is 0 Å². The van der Waals surface area contributed by atoms with Crippen molar-refractivity contribution in [3.8, 4) is 0 Å². The topological polar surface area (TPSA) is 69.2 Å². The molecule has 0 atom stereocenters. The first-order chi connectivity index (χ1) is 1.73. The normalized spacial score (nSPS) is 7.20. The molecule has 0 saturated heterocycles. The fourth-order valence-corrected chi connectivity index (χ4v) is 0. The Morgan fingerprint density at radius 1 is 1.00 bits per heavy atom. The van der Waals surface area contributed by atoms with E-state index < -0.39 is 8.60 Å². The molecule has 0 aromatic rings. The summed E-state index contributed by atoms with van der Waals surface area (Å²) in [6.45, 7) is 0. The molecule has 0 fully saturated rings. The first-order valence-electron chi connectivity index (χ1n) is 0.548. The predicted octanol–water partition coefficient (Wildman–Crippen LogP) is -2.71. The molecule has 5 heavy (non-hydrogen) atoms. The third kappa shape index (κ3) is 57.3. The van der Waals surface area contributed by atoms with Gasteiger partial charge < -0.3 is 23.3 Å². The van der Waals surface area contributed by atoms with Crippen LogP contribution in [0.15, 0.2) is 0 Å². The van der Waals surface area contributed by atoms with Crippen LogP contribution in [-0.2, 0) is 16.8 Å². The summed E-state index contributed by atoms with van der Waals surface area (Å²) in [6.07, 6.45) is 0. The summed E-state index contributed by atoms with van der Waals surface area (Å²) in [5.74, 6) is 0. The molecule has 3 nitrogen and oxygen atoms in total. The smallest absolute Gasteiger partial charge is 0.854 e. The Labute approximate surface area is 40.8 Å². The maximum absolute atomic E-state index is 8.48. The van der Waals surface area contributed by atoms with Gasteiger partial charge in [0.05, 0.1) is 0 Å². The van der Waals surface area contributed by atoms with Crippen molar-refractivity contribution in [2.45, 2.75) is 0 Å². The molecule has 0 aromatic heterocycles. The van der Waals surface area contributed by atoms with Gasteiger partial charge in [-0.2, -0.15) is 0 Å². The van der Waals surface area contributed by atoms with Crippen molar-refractivity contribution >= 4 is 8.60 Å². The van der Waals surface area contributed by atoms with Gasteiger partial charge in [0.2, 0.25) is 0 Å². The average Bonchev–Trinajstić information content (AvgIpc) is 0.811. The second-order valence-corrected chi connectivity index (χ2v) is 0.671. The molecule has 0 aliphatic rings. The number of rotatable bonds is 0. The number of hydrogen-bond donors (Lipinski definition) is 0. The molecule has 0 amide bonds. The Balaban J connectivity index is 0. The zero-order valence-electron chi connectivity index (χ0n) is 2.01. The van der Waals surface area contributed by atoms with Crippen LogP contribution in [0.2, 0.25) is 0 Å². The van der Waals surface area contributed by atoms with Crippen LogP contribution in [-0.4, -0.2) is 0 Å². The maximum atomic E-state index is 8.48. The molecule has 0 rings (SSSR count). The summed E-state index contributed by atoms with van der Waals surface area (Å²) < 4.78 is 0. The molecule has 0 aliphatic carbocycles. The SMILES string of the molecule is [Co+3].[O-]P([O-])[O-]. The van der Waals surface area contributed by atoms with Crippen molar-refractivity contribution < 1.29 is 31.5 Å². The van der Waals surface area contributed by atoms with Gasteiger partial charge in [-0.3, -0.25) is 0 Å². The van der Waals surface area contributed by atoms with E-state index >= 15 is 0 Å². The van der Waals surface area contributed by atoms with E-state index in [0.29, 0.717) is 0 Å². The Morgan fingerprint density at radius 2 is 1.00 bits per heavy atom. The summed E-state index contributed by atoms with van der Waals surface area (Å²) in [6, 6.07) is 0. The van der Waals surface area contributed by atoms with Crippen molar-refractivity contribution in [2.75, 3.05) is 0 Å². The standard InChI is InChI=1S/Co.O3P/c;1-4(2)3/q+3;-3. The van der Waals surface area contributed by atoms with E-state index in [1.165, 1.54) is 0 Å². The van der Waals surface area contributed by atoms with E-state index in [-0.39, 0.29) is 16.8 Å². The average molecular weight is 138 g/mol. The van der Waals surface area contributed by atoms with Crippen molar-refractivity contribution in [1.82, 2.24) is 0 Å². The third-order valence-electron chi connectivity index (χ3n) is 0. The molecule has 0 aromatic carbocycles. The van der Waals surface area contributed by atoms with Gasteiger partial charge >= 0.3 is 16.8 Å². The van der Waals surface area contributed by atoms with Crippen LogP contribution in [0, 0.1) is 0 Å². The minimum absolute atomic E-state index is 0. The second kappa shape index (κ2) is 4.82. The van der Waals surface area contributed by atoms with E-state index in [0.717, 1.165) is 0 Å².